The molecular weight excluding hydrogens is 585 g/mol. The van der Waals surface area contributed by atoms with E-state index in [9.17, 15) is 0 Å². The molecule has 0 spiro atoms. The maximum absolute atomic E-state index is 5.48. The Hall–Kier alpha value is -6.00. The molecule has 7 aromatic rings. The van der Waals surface area contributed by atoms with Crippen LogP contribution in [0.4, 0.5) is 34.4 Å². The van der Waals surface area contributed by atoms with Crippen LogP contribution in [0.2, 0.25) is 0 Å². The smallest absolute Gasteiger partial charge is 0.140 e. The van der Waals surface area contributed by atoms with Gasteiger partial charge in [-0.2, -0.15) is 0 Å². The highest BCUT2D eigenvalue weighted by Crippen LogP contribution is 2.57. The van der Waals surface area contributed by atoms with E-state index in [-0.39, 0.29) is 5.41 Å². The van der Waals surface area contributed by atoms with Crippen LogP contribution in [0.1, 0.15) is 47.2 Å². The van der Waals surface area contributed by atoms with E-state index in [1.807, 2.05) is 12.4 Å². The first-order chi connectivity index (χ1) is 23.6. The molecule has 2 aromatic heterocycles. The van der Waals surface area contributed by atoms with Crippen LogP contribution in [0.5, 0.6) is 0 Å². The van der Waals surface area contributed by atoms with E-state index in [0.29, 0.717) is 0 Å². The Labute approximate surface area is 281 Å². The van der Waals surface area contributed by atoms with Gasteiger partial charge in [0, 0.05) is 11.6 Å². The lowest BCUT2D eigenvalue weighted by atomic mass is 9.63. The van der Waals surface area contributed by atoms with Crippen LogP contribution in [-0.4, -0.2) is 9.97 Å². The predicted octanol–water partition coefficient (Wildman–Crippen LogP) is 10.8. The van der Waals surface area contributed by atoms with E-state index in [2.05, 4.69) is 181 Å². The highest BCUT2D eigenvalue weighted by atomic mass is 15.3. The minimum absolute atomic E-state index is 0.143. The van der Waals surface area contributed by atoms with Crippen LogP contribution in [0.25, 0.3) is 0 Å². The van der Waals surface area contributed by atoms with Gasteiger partial charge in [0.2, 0.25) is 0 Å². The van der Waals surface area contributed by atoms with Gasteiger partial charge in [0.05, 0.1) is 34.4 Å². The third kappa shape index (κ3) is 3.96. The van der Waals surface area contributed by atoms with Crippen LogP contribution in [0, 0.1) is 0 Å². The number of pyridine rings is 2. The summed E-state index contributed by atoms with van der Waals surface area (Å²) in [5.41, 5.74) is 11.0. The maximum atomic E-state index is 5.48. The van der Waals surface area contributed by atoms with Crippen LogP contribution in [-0.2, 0) is 10.8 Å². The lowest BCUT2D eigenvalue weighted by Crippen LogP contribution is -2.38. The molecule has 230 valence electrons. The summed E-state index contributed by atoms with van der Waals surface area (Å²) in [5, 5.41) is 0. The SMILES string of the molecule is CC1(C)c2ccccc2N(c2cccc(N3c4ccccc4C(c4ccccc4)(c4ccccc4)c4ccncc43)n2)c2ccccc21. The Morgan fingerprint density at radius 2 is 0.854 bits per heavy atom. The Bertz CT molecular complexity index is 2160. The molecule has 0 N–H and O–H groups in total. The second-order valence-corrected chi connectivity index (χ2v) is 13.1. The fourth-order valence-corrected chi connectivity index (χ4v) is 8.13. The summed E-state index contributed by atoms with van der Waals surface area (Å²) >= 11 is 0. The molecule has 0 radical (unpaired) electrons. The summed E-state index contributed by atoms with van der Waals surface area (Å²) in [7, 11) is 0. The monoisotopic (exact) mass is 618 g/mol. The molecule has 4 heterocycles. The lowest BCUT2D eigenvalue weighted by molar-refractivity contribution is 0.631. The zero-order valence-corrected chi connectivity index (χ0v) is 27.0. The summed E-state index contributed by atoms with van der Waals surface area (Å²) in [6.07, 6.45) is 3.91. The predicted molar refractivity (Wildman–Crippen MR) is 195 cm³/mol. The number of hydrogen-bond donors (Lipinski definition) is 0. The minimum atomic E-state index is -0.554. The van der Waals surface area contributed by atoms with Crippen LogP contribution < -0.4 is 9.80 Å². The third-order valence-electron chi connectivity index (χ3n) is 10.2. The van der Waals surface area contributed by atoms with E-state index in [0.717, 1.165) is 39.9 Å². The van der Waals surface area contributed by atoms with Gasteiger partial charge in [-0.25, -0.2) is 4.98 Å². The fourth-order valence-electron chi connectivity index (χ4n) is 8.13. The number of rotatable bonds is 4. The molecule has 5 aromatic carbocycles. The van der Waals surface area contributed by atoms with Crippen molar-refractivity contribution in [3.05, 3.63) is 203 Å². The standard InChI is InChI=1S/C44H34N4/c1-43(2)33-20-9-12-23-37(33)47(38-24-13-10-21-34(38)43)41-26-15-27-42(46-41)48-39-25-14-11-22-35(39)44(31-16-5-3-6-17-31,32-18-7-4-8-19-32)36-28-29-45-30-40(36)48/h3-30H,1-2H3. The minimum Gasteiger partial charge on any atom is -0.294 e. The summed E-state index contributed by atoms with van der Waals surface area (Å²) in [6.45, 7) is 4.62. The first-order valence-electron chi connectivity index (χ1n) is 16.5. The number of anilines is 6. The first-order valence-corrected chi connectivity index (χ1v) is 16.5. The molecule has 9 rings (SSSR count). The highest BCUT2D eigenvalue weighted by Gasteiger charge is 2.47. The van der Waals surface area contributed by atoms with E-state index >= 15 is 0 Å². The molecule has 0 bridgehead atoms. The molecular formula is C44H34N4. The molecule has 2 aliphatic rings. The molecule has 4 nitrogen and oxygen atoms in total. The molecule has 4 heteroatoms. The van der Waals surface area contributed by atoms with E-state index < -0.39 is 5.41 Å². The van der Waals surface area contributed by atoms with Crippen molar-refractivity contribution < 1.29 is 0 Å². The van der Waals surface area contributed by atoms with E-state index in [1.54, 1.807) is 0 Å². The van der Waals surface area contributed by atoms with Crippen molar-refractivity contribution in [1.29, 1.82) is 0 Å². The number of fused-ring (bicyclic) bond motifs is 4. The van der Waals surface area contributed by atoms with Crippen molar-refractivity contribution in [2.45, 2.75) is 24.7 Å². The Morgan fingerprint density at radius 1 is 0.417 bits per heavy atom. The fraction of sp³-hybridized carbons (Fsp3) is 0.0909. The van der Waals surface area contributed by atoms with Gasteiger partial charge in [-0.1, -0.05) is 135 Å². The zero-order valence-electron chi connectivity index (χ0n) is 27.0. The lowest BCUT2D eigenvalue weighted by Gasteiger charge is -2.46. The number of para-hydroxylation sites is 3. The average Bonchev–Trinajstić information content (AvgIpc) is 3.15. The van der Waals surface area contributed by atoms with Crippen LogP contribution in [0.15, 0.2) is 170 Å². The molecule has 48 heavy (non-hydrogen) atoms. The number of benzene rings is 5. The largest absolute Gasteiger partial charge is 0.294 e. The molecule has 0 aliphatic carbocycles. The molecule has 0 atom stereocenters. The average molecular weight is 619 g/mol. The van der Waals surface area contributed by atoms with Gasteiger partial charge < -0.3 is 0 Å². The van der Waals surface area contributed by atoms with Gasteiger partial charge in [-0.15, -0.1) is 0 Å². The van der Waals surface area contributed by atoms with Crippen LogP contribution >= 0.6 is 0 Å². The van der Waals surface area contributed by atoms with Gasteiger partial charge in [0.25, 0.3) is 0 Å². The molecule has 0 saturated heterocycles. The topological polar surface area (TPSA) is 32.3 Å². The molecule has 0 unspecified atom stereocenters. The molecule has 2 aliphatic heterocycles. The van der Waals surface area contributed by atoms with E-state index in [1.165, 1.54) is 27.8 Å². The van der Waals surface area contributed by atoms with Gasteiger partial charge in [-0.3, -0.25) is 14.8 Å². The summed E-state index contributed by atoms with van der Waals surface area (Å²) < 4.78 is 0. The van der Waals surface area contributed by atoms with Crippen molar-refractivity contribution in [3.63, 3.8) is 0 Å². The number of aromatic nitrogens is 2. The van der Waals surface area contributed by atoms with Crippen LogP contribution in [0.3, 0.4) is 0 Å². The van der Waals surface area contributed by atoms with Crippen molar-refractivity contribution in [2.75, 3.05) is 9.80 Å². The normalized spacial score (nSPS) is 15.1. The summed E-state index contributed by atoms with van der Waals surface area (Å²) in [5.74, 6) is 1.71. The van der Waals surface area contributed by atoms with Crippen molar-refractivity contribution in [1.82, 2.24) is 9.97 Å². The zero-order chi connectivity index (χ0) is 32.3. The van der Waals surface area contributed by atoms with E-state index in [4.69, 9.17) is 9.97 Å². The third-order valence-corrected chi connectivity index (χ3v) is 10.2. The molecule has 0 saturated carbocycles. The van der Waals surface area contributed by atoms with Crippen molar-refractivity contribution >= 4 is 34.4 Å². The highest BCUT2D eigenvalue weighted by molar-refractivity contribution is 5.90. The van der Waals surface area contributed by atoms with Gasteiger partial charge >= 0.3 is 0 Å². The maximum Gasteiger partial charge on any atom is 0.140 e. The second-order valence-electron chi connectivity index (χ2n) is 13.1. The Balaban J connectivity index is 1.29. The van der Waals surface area contributed by atoms with Gasteiger partial charge in [0.1, 0.15) is 11.6 Å². The Morgan fingerprint density at radius 3 is 1.42 bits per heavy atom. The van der Waals surface area contributed by atoms with Crippen molar-refractivity contribution in [3.8, 4) is 0 Å². The molecule has 0 fully saturated rings. The summed E-state index contributed by atoms with van der Waals surface area (Å²) in [6, 6.07) is 56.4. The van der Waals surface area contributed by atoms with Gasteiger partial charge in [-0.05, 0) is 69.8 Å². The number of nitrogens with zero attached hydrogens (tertiary/aromatic N) is 4. The number of hydrogen-bond acceptors (Lipinski definition) is 4. The quantitative estimate of drug-likeness (QED) is 0.196. The first kappa shape index (κ1) is 28.2. The Kier molecular flexibility index (Phi) is 6.34. The van der Waals surface area contributed by atoms with Gasteiger partial charge in [0.15, 0.2) is 0 Å². The molecule has 0 amide bonds. The summed E-state index contributed by atoms with van der Waals surface area (Å²) in [4.78, 5) is 14.8. The van der Waals surface area contributed by atoms with Crippen molar-refractivity contribution in [2.24, 2.45) is 0 Å². The second kappa shape index (κ2) is 10.8.